The van der Waals surface area contributed by atoms with Crippen molar-refractivity contribution >= 4 is 17.6 Å². The number of hydrogen-bond acceptors (Lipinski definition) is 4. The maximum atomic E-state index is 12.2. The topological polar surface area (TPSA) is 64.6 Å². The van der Waals surface area contributed by atoms with Crippen LogP contribution in [-0.4, -0.2) is 25.6 Å². The summed E-state index contributed by atoms with van der Waals surface area (Å²) in [5, 5.41) is 2.81. The second kappa shape index (κ2) is 9.59. The van der Waals surface area contributed by atoms with Crippen molar-refractivity contribution in [3.05, 3.63) is 65.2 Å². The number of methoxy groups -OCH3 is 1. The number of nitrogens with one attached hydrogen (secondary N) is 1. The second-order valence-electron chi connectivity index (χ2n) is 5.65. The number of amides is 1. The number of hydrogen-bond donors (Lipinski definition) is 1. The molecule has 2 aromatic carbocycles. The summed E-state index contributed by atoms with van der Waals surface area (Å²) in [5.41, 5.74) is 2.65. The van der Waals surface area contributed by atoms with Gasteiger partial charge >= 0.3 is 5.97 Å². The fraction of sp³-hybridized carbons (Fsp3) is 0.300. The van der Waals surface area contributed by atoms with Crippen LogP contribution in [-0.2, 0) is 16.1 Å². The Kier molecular flexibility index (Phi) is 7.16. The van der Waals surface area contributed by atoms with Gasteiger partial charge in [-0.15, -0.1) is 0 Å². The number of benzene rings is 2. The molecule has 5 heteroatoms. The summed E-state index contributed by atoms with van der Waals surface area (Å²) in [7, 11) is 1.63. The van der Waals surface area contributed by atoms with Crippen molar-refractivity contribution in [2.24, 2.45) is 0 Å². The third-order valence-electron chi connectivity index (χ3n) is 3.64. The molecule has 1 N–H and O–H groups in total. The Labute approximate surface area is 148 Å². The minimum Gasteiger partial charge on any atom is -0.462 e. The van der Waals surface area contributed by atoms with E-state index >= 15 is 0 Å². The van der Waals surface area contributed by atoms with E-state index < -0.39 is 0 Å². The molecule has 2 rings (SSSR count). The molecular formula is C20H23NO4. The van der Waals surface area contributed by atoms with Crippen molar-refractivity contribution in [2.45, 2.75) is 26.4 Å². The molecular weight excluding hydrogens is 318 g/mol. The summed E-state index contributed by atoms with van der Waals surface area (Å²) in [6.07, 6.45) is 1.83. The summed E-state index contributed by atoms with van der Waals surface area (Å²) in [4.78, 5) is 24.1. The van der Waals surface area contributed by atoms with Crippen molar-refractivity contribution in [2.75, 3.05) is 19.0 Å². The van der Waals surface area contributed by atoms with Crippen LogP contribution in [0, 0.1) is 0 Å². The lowest BCUT2D eigenvalue weighted by molar-refractivity contribution is 0.0499. The van der Waals surface area contributed by atoms with Crippen LogP contribution < -0.4 is 5.32 Å². The van der Waals surface area contributed by atoms with Gasteiger partial charge in [0.15, 0.2) is 0 Å². The molecule has 0 fully saturated rings. The Hall–Kier alpha value is -2.66. The van der Waals surface area contributed by atoms with Crippen molar-refractivity contribution in [3.8, 4) is 0 Å². The molecule has 0 radical (unpaired) electrons. The lowest BCUT2D eigenvalue weighted by atomic mass is 10.1. The van der Waals surface area contributed by atoms with Gasteiger partial charge in [0.2, 0.25) is 0 Å². The number of rotatable bonds is 8. The molecule has 2 aromatic rings. The Balaban J connectivity index is 1.93. The van der Waals surface area contributed by atoms with Crippen LogP contribution in [0.1, 0.15) is 46.0 Å². The van der Waals surface area contributed by atoms with Gasteiger partial charge in [-0.1, -0.05) is 25.5 Å². The number of anilines is 1. The van der Waals surface area contributed by atoms with E-state index in [9.17, 15) is 9.59 Å². The molecule has 0 aliphatic heterocycles. The van der Waals surface area contributed by atoms with Gasteiger partial charge in [-0.25, -0.2) is 4.79 Å². The average Bonchev–Trinajstić information content (AvgIpc) is 2.63. The molecule has 0 saturated carbocycles. The molecule has 0 heterocycles. The summed E-state index contributed by atoms with van der Waals surface area (Å²) >= 11 is 0. The van der Waals surface area contributed by atoms with Crippen LogP contribution in [0.5, 0.6) is 0 Å². The molecule has 5 nitrogen and oxygen atoms in total. The van der Waals surface area contributed by atoms with Crippen LogP contribution >= 0.6 is 0 Å². The predicted octanol–water partition coefficient (Wildman–Crippen LogP) is 4.04. The van der Waals surface area contributed by atoms with Crippen molar-refractivity contribution in [1.82, 2.24) is 0 Å². The quantitative estimate of drug-likeness (QED) is 0.581. The highest BCUT2D eigenvalue weighted by Gasteiger charge is 2.09. The van der Waals surface area contributed by atoms with Gasteiger partial charge < -0.3 is 14.8 Å². The first kappa shape index (κ1) is 18.7. The van der Waals surface area contributed by atoms with Crippen LogP contribution in [0.25, 0.3) is 0 Å². The third-order valence-corrected chi connectivity index (χ3v) is 3.64. The van der Waals surface area contributed by atoms with Crippen molar-refractivity contribution in [3.63, 3.8) is 0 Å². The highest BCUT2D eigenvalue weighted by Crippen LogP contribution is 2.13. The lowest BCUT2D eigenvalue weighted by Crippen LogP contribution is -2.12. The standard InChI is InChI=1S/C20H23NO4/c1-3-4-13-25-20(23)17-9-11-18(12-10-17)21-19(22)16-7-5-15(6-8-16)14-24-2/h5-12H,3-4,13-14H2,1-2H3,(H,21,22). The van der Waals surface area contributed by atoms with E-state index in [4.69, 9.17) is 9.47 Å². The molecule has 0 unspecified atom stereocenters. The third kappa shape index (κ3) is 5.72. The van der Waals surface area contributed by atoms with Crippen LogP contribution in [0.4, 0.5) is 5.69 Å². The van der Waals surface area contributed by atoms with E-state index in [1.165, 1.54) is 0 Å². The Morgan fingerprint density at radius 2 is 1.60 bits per heavy atom. The van der Waals surface area contributed by atoms with Gasteiger partial charge in [0.25, 0.3) is 5.91 Å². The van der Waals surface area contributed by atoms with Gasteiger partial charge in [0.05, 0.1) is 18.8 Å². The maximum Gasteiger partial charge on any atom is 0.338 e. The molecule has 0 aliphatic rings. The number of esters is 1. The minimum atomic E-state index is -0.347. The largest absolute Gasteiger partial charge is 0.462 e. The van der Waals surface area contributed by atoms with Crippen LogP contribution in [0.2, 0.25) is 0 Å². The summed E-state index contributed by atoms with van der Waals surface area (Å²) in [6.45, 7) is 2.97. The molecule has 0 atom stereocenters. The lowest BCUT2D eigenvalue weighted by Gasteiger charge is -2.08. The zero-order valence-corrected chi connectivity index (χ0v) is 14.6. The van der Waals surface area contributed by atoms with E-state index in [1.54, 1.807) is 43.5 Å². The summed E-state index contributed by atoms with van der Waals surface area (Å²) in [5.74, 6) is -0.553. The predicted molar refractivity (Wildman–Crippen MR) is 96.7 cm³/mol. The Bertz CT molecular complexity index is 693. The first-order valence-corrected chi connectivity index (χ1v) is 8.30. The Morgan fingerprint density at radius 1 is 0.960 bits per heavy atom. The second-order valence-corrected chi connectivity index (χ2v) is 5.65. The molecule has 25 heavy (non-hydrogen) atoms. The van der Waals surface area contributed by atoms with Gasteiger partial charge in [-0.3, -0.25) is 4.79 Å². The SMILES string of the molecule is CCCCOC(=O)c1ccc(NC(=O)c2ccc(COC)cc2)cc1. The first-order chi connectivity index (χ1) is 12.1. The van der Waals surface area contributed by atoms with Gasteiger partial charge in [0.1, 0.15) is 0 Å². The summed E-state index contributed by atoms with van der Waals surface area (Å²) < 4.78 is 10.2. The highest BCUT2D eigenvalue weighted by atomic mass is 16.5. The molecule has 0 spiro atoms. The van der Waals surface area contributed by atoms with Gasteiger partial charge in [-0.2, -0.15) is 0 Å². The molecule has 0 aliphatic carbocycles. The average molecular weight is 341 g/mol. The fourth-order valence-electron chi connectivity index (χ4n) is 2.20. The maximum absolute atomic E-state index is 12.2. The normalized spacial score (nSPS) is 10.3. The van der Waals surface area contributed by atoms with Crippen molar-refractivity contribution in [1.29, 1.82) is 0 Å². The minimum absolute atomic E-state index is 0.206. The molecule has 132 valence electrons. The van der Waals surface area contributed by atoms with Crippen LogP contribution in [0.15, 0.2) is 48.5 Å². The highest BCUT2D eigenvalue weighted by molar-refractivity contribution is 6.04. The van der Waals surface area contributed by atoms with Gasteiger partial charge in [-0.05, 0) is 48.4 Å². The van der Waals surface area contributed by atoms with Gasteiger partial charge in [0, 0.05) is 18.4 Å². The summed E-state index contributed by atoms with van der Waals surface area (Å²) in [6, 6.07) is 13.9. The van der Waals surface area contributed by atoms with E-state index in [0.717, 1.165) is 18.4 Å². The number of carbonyl (C=O) groups is 2. The van der Waals surface area contributed by atoms with E-state index in [2.05, 4.69) is 5.32 Å². The molecule has 0 aromatic heterocycles. The zero-order valence-electron chi connectivity index (χ0n) is 14.6. The monoisotopic (exact) mass is 341 g/mol. The smallest absolute Gasteiger partial charge is 0.338 e. The molecule has 1 amide bonds. The molecule has 0 bridgehead atoms. The van der Waals surface area contributed by atoms with E-state index in [1.807, 2.05) is 19.1 Å². The first-order valence-electron chi connectivity index (χ1n) is 8.30. The Morgan fingerprint density at radius 3 is 2.20 bits per heavy atom. The zero-order chi connectivity index (χ0) is 18.1. The number of carbonyl (C=O) groups excluding carboxylic acids is 2. The van der Waals surface area contributed by atoms with E-state index in [0.29, 0.717) is 30.0 Å². The molecule has 0 saturated heterocycles. The van der Waals surface area contributed by atoms with Crippen LogP contribution in [0.3, 0.4) is 0 Å². The fourth-order valence-corrected chi connectivity index (χ4v) is 2.20. The van der Waals surface area contributed by atoms with E-state index in [-0.39, 0.29) is 11.9 Å². The number of ether oxygens (including phenoxy) is 2. The van der Waals surface area contributed by atoms with Crippen molar-refractivity contribution < 1.29 is 19.1 Å². The number of unbranched alkanes of at least 4 members (excludes halogenated alkanes) is 1.